The molecule has 1 amide bonds. The summed E-state index contributed by atoms with van der Waals surface area (Å²) in [7, 11) is 0. The van der Waals surface area contributed by atoms with Gasteiger partial charge >= 0.3 is 0 Å². The summed E-state index contributed by atoms with van der Waals surface area (Å²) < 4.78 is 6.08. The van der Waals surface area contributed by atoms with Crippen LogP contribution in [0.15, 0.2) is 65.6 Å². The maximum atomic E-state index is 13.0. The second-order valence-electron chi connectivity index (χ2n) is 7.78. The lowest BCUT2D eigenvalue weighted by atomic mass is 10.1. The maximum absolute atomic E-state index is 13.0. The summed E-state index contributed by atoms with van der Waals surface area (Å²) in [5.74, 6) is 1.42. The molecule has 0 atom stereocenters. The Balaban J connectivity index is 1.33. The van der Waals surface area contributed by atoms with Gasteiger partial charge in [0.2, 0.25) is 0 Å². The number of hydrogen-bond acceptors (Lipinski definition) is 4. The van der Waals surface area contributed by atoms with E-state index in [4.69, 9.17) is 27.9 Å². The molecule has 0 N–H and O–H groups in total. The molecule has 2 heterocycles. The zero-order valence-corrected chi connectivity index (χ0v) is 20.1. The molecule has 1 aliphatic rings. The fourth-order valence-electron chi connectivity index (χ4n) is 3.59. The van der Waals surface area contributed by atoms with Gasteiger partial charge in [-0.05, 0) is 43.3 Å². The van der Waals surface area contributed by atoms with Crippen LogP contribution in [0.2, 0.25) is 10.0 Å². The minimum absolute atomic E-state index is 0.0404. The van der Waals surface area contributed by atoms with Gasteiger partial charge in [0.15, 0.2) is 0 Å². The van der Waals surface area contributed by atoms with Crippen molar-refractivity contribution in [2.24, 2.45) is 0 Å². The highest BCUT2D eigenvalue weighted by Crippen LogP contribution is 2.35. The van der Waals surface area contributed by atoms with E-state index in [0.717, 1.165) is 29.2 Å². The van der Waals surface area contributed by atoms with Crippen molar-refractivity contribution in [3.63, 3.8) is 0 Å². The highest BCUT2D eigenvalue weighted by Gasteiger charge is 2.25. The number of aryl methyl sites for hydroxylation is 1. The molecule has 4 nitrogen and oxygen atoms in total. The molecule has 3 aromatic rings. The van der Waals surface area contributed by atoms with E-state index in [1.165, 1.54) is 17.3 Å². The van der Waals surface area contributed by atoms with Crippen LogP contribution in [0.1, 0.15) is 34.6 Å². The molecule has 1 aliphatic heterocycles. The predicted molar refractivity (Wildman–Crippen MR) is 131 cm³/mol. The number of thioether (sulfide) groups is 1. The van der Waals surface area contributed by atoms with Crippen LogP contribution in [0.25, 0.3) is 0 Å². The summed E-state index contributed by atoms with van der Waals surface area (Å²) in [6, 6.07) is 19.1. The molecule has 1 aromatic heterocycles. The van der Waals surface area contributed by atoms with Gasteiger partial charge in [-0.2, -0.15) is 0 Å². The summed E-state index contributed by atoms with van der Waals surface area (Å²) >= 11 is 14.0. The number of carbonyl (C=O) groups excluding carboxylic acids is 1. The largest absolute Gasteiger partial charge is 0.490 e. The Morgan fingerprint density at radius 2 is 1.69 bits per heavy atom. The highest BCUT2D eigenvalue weighted by molar-refractivity contribution is 7.98. The minimum atomic E-state index is -0.0404. The number of ether oxygens (including phenoxy) is 1. The van der Waals surface area contributed by atoms with E-state index in [-0.39, 0.29) is 12.0 Å². The molecule has 1 fully saturated rings. The molecule has 7 heteroatoms. The summed E-state index contributed by atoms with van der Waals surface area (Å²) in [5, 5.41) is 1.23. The Bertz CT molecular complexity index is 1060. The van der Waals surface area contributed by atoms with Crippen LogP contribution >= 0.6 is 35.0 Å². The van der Waals surface area contributed by atoms with Crippen molar-refractivity contribution in [1.29, 1.82) is 0 Å². The van der Waals surface area contributed by atoms with Gasteiger partial charge in [-0.15, -0.1) is 11.8 Å². The fraction of sp³-hybridized carbons (Fsp3) is 0.280. The second kappa shape index (κ2) is 10.6. The summed E-state index contributed by atoms with van der Waals surface area (Å²) in [4.78, 5) is 20.3. The van der Waals surface area contributed by atoms with Crippen molar-refractivity contribution in [3.05, 3.63) is 87.7 Å². The molecule has 4 rings (SSSR count). The van der Waals surface area contributed by atoms with Crippen LogP contribution in [0.5, 0.6) is 5.75 Å². The lowest BCUT2D eigenvalue weighted by molar-refractivity contribution is 0.0590. The first-order valence-corrected chi connectivity index (χ1v) is 12.3. The number of likely N-dealkylation sites (tertiary alicyclic amines) is 1. The van der Waals surface area contributed by atoms with Gasteiger partial charge in [0.05, 0.1) is 15.7 Å². The Morgan fingerprint density at radius 1 is 1.03 bits per heavy atom. The predicted octanol–water partition coefficient (Wildman–Crippen LogP) is 6.67. The van der Waals surface area contributed by atoms with Crippen molar-refractivity contribution in [3.8, 4) is 5.75 Å². The van der Waals surface area contributed by atoms with Gasteiger partial charge in [-0.3, -0.25) is 4.79 Å². The van der Waals surface area contributed by atoms with Crippen molar-refractivity contribution < 1.29 is 9.53 Å². The van der Waals surface area contributed by atoms with Crippen LogP contribution in [0.4, 0.5) is 0 Å². The SMILES string of the molecule is Cc1ccc(OC2CCN(C(=O)c3cccc(CSc4c(Cl)cccc4Cl)n3)CC2)cc1. The third kappa shape index (κ3) is 5.77. The molecule has 32 heavy (non-hydrogen) atoms. The van der Waals surface area contributed by atoms with Crippen molar-refractivity contribution >= 4 is 40.9 Å². The molecule has 0 spiro atoms. The number of rotatable bonds is 6. The monoisotopic (exact) mass is 486 g/mol. The van der Waals surface area contributed by atoms with E-state index < -0.39 is 0 Å². The zero-order chi connectivity index (χ0) is 22.5. The van der Waals surface area contributed by atoms with Gasteiger partial charge in [-0.1, -0.05) is 53.0 Å². The number of carbonyl (C=O) groups is 1. The summed E-state index contributed by atoms with van der Waals surface area (Å²) in [6.07, 6.45) is 1.73. The first kappa shape index (κ1) is 23.0. The maximum Gasteiger partial charge on any atom is 0.272 e. The van der Waals surface area contributed by atoms with E-state index in [1.54, 1.807) is 6.07 Å². The van der Waals surface area contributed by atoms with Crippen molar-refractivity contribution in [2.75, 3.05) is 13.1 Å². The van der Waals surface area contributed by atoms with Crippen LogP contribution < -0.4 is 4.74 Å². The normalized spacial score (nSPS) is 14.4. The Kier molecular flexibility index (Phi) is 7.61. The average Bonchev–Trinajstić information content (AvgIpc) is 2.80. The average molecular weight is 487 g/mol. The minimum Gasteiger partial charge on any atom is -0.490 e. The molecule has 166 valence electrons. The molecular weight excluding hydrogens is 463 g/mol. The highest BCUT2D eigenvalue weighted by atomic mass is 35.5. The number of aromatic nitrogens is 1. The van der Waals surface area contributed by atoms with E-state index in [0.29, 0.717) is 34.6 Å². The van der Waals surface area contributed by atoms with Gasteiger partial charge < -0.3 is 9.64 Å². The van der Waals surface area contributed by atoms with Crippen LogP contribution in [-0.2, 0) is 5.75 Å². The number of benzene rings is 2. The van der Waals surface area contributed by atoms with Crippen LogP contribution in [-0.4, -0.2) is 35.0 Å². The Hall–Kier alpha value is -2.21. The van der Waals surface area contributed by atoms with Gasteiger partial charge in [0.1, 0.15) is 17.5 Å². The molecule has 0 saturated carbocycles. The van der Waals surface area contributed by atoms with Gasteiger partial charge in [0, 0.05) is 36.6 Å². The number of halogens is 2. The first-order chi connectivity index (χ1) is 15.5. The van der Waals surface area contributed by atoms with Gasteiger partial charge in [0.25, 0.3) is 5.91 Å². The van der Waals surface area contributed by atoms with E-state index in [2.05, 4.69) is 11.9 Å². The molecule has 0 radical (unpaired) electrons. The number of hydrogen-bond donors (Lipinski definition) is 0. The van der Waals surface area contributed by atoms with Gasteiger partial charge in [-0.25, -0.2) is 4.98 Å². The molecule has 0 aliphatic carbocycles. The van der Waals surface area contributed by atoms with Crippen LogP contribution in [0, 0.1) is 6.92 Å². The number of nitrogens with zero attached hydrogens (tertiary/aromatic N) is 2. The van der Waals surface area contributed by atoms with Crippen molar-refractivity contribution in [1.82, 2.24) is 9.88 Å². The smallest absolute Gasteiger partial charge is 0.272 e. The topological polar surface area (TPSA) is 42.4 Å². The molecule has 1 saturated heterocycles. The number of amides is 1. The summed E-state index contributed by atoms with van der Waals surface area (Å²) in [6.45, 7) is 3.37. The van der Waals surface area contributed by atoms with E-state index in [9.17, 15) is 4.79 Å². The Labute approximate surface area is 202 Å². The first-order valence-electron chi connectivity index (χ1n) is 10.5. The molecule has 2 aromatic carbocycles. The Morgan fingerprint density at radius 3 is 2.38 bits per heavy atom. The van der Waals surface area contributed by atoms with Crippen LogP contribution in [0.3, 0.4) is 0 Å². The fourth-order valence-corrected chi connectivity index (χ4v) is 5.18. The molecule has 0 bridgehead atoms. The second-order valence-corrected chi connectivity index (χ2v) is 9.58. The van der Waals surface area contributed by atoms with Crippen molar-refractivity contribution in [2.45, 2.75) is 36.5 Å². The third-order valence-electron chi connectivity index (χ3n) is 5.36. The number of piperidine rings is 1. The number of pyridine rings is 1. The lowest BCUT2D eigenvalue weighted by Crippen LogP contribution is -2.42. The molecular formula is C25H24Cl2N2O2S. The quantitative estimate of drug-likeness (QED) is 0.364. The van der Waals surface area contributed by atoms with E-state index in [1.807, 2.05) is 59.5 Å². The zero-order valence-electron chi connectivity index (χ0n) is 17.8. The third-order valence-corrected chi connectivity index (χ3v) is 7.38. The summed E-state index contributed by atoms with van der Waals surface area (Å²) in [5.41, 5.74) is 2.49. The molecule has 0 unspecified atom stereocenters. The lowest BCUT2D eigenvalue weighted by Gasteiger charge is -2.32. The standard InChI is InChI=1S/C25H24Cl2N2O2S/c1-17-8-10-19(11-9-17)31-20-12-14-29(15-13-20)25(30)23-7-2-4-18(28-23)16-32-24-21(26)5-3-6-22(24)27/h2-11,20H,12-16H2,1H3. The van der Waals surface area contributed by atoms with E-state index >= 15 is 0 Å².